The molecule has 13 rings (SSSR count). The number of aliphatic imine (C=N–C) groups is 1. The molecule has 340 valence electrons. The van der Waals surface area contributed by atoms with Crippen molar-refractivity contribution in [3.05, 3.63) is 189 Å². The Balaban J connectivity index is 0.964. The molecule has 0 fully saturated rings. The van der Waals surface area contributed by atoms with Crippen LogP contribution in [0.3, 0.4) is 0 Å². The van der Waals surface area contributed by atoms with Gasteiger partial charge in [0.05, 0.1) is 23.2 Å². The molecule has 4 heterocycles. The molecular weight excluding hydrogens is 847 g/mol. The maximum absolute atomic E-state index is 5.73. The molecule has 5 aliphatic carbocycles. The van der Waals surface area contributed by atoms with Gasteiger partial charge in [-0.1, -0.05) is 134 Å². The predicted molar refractivity (Wildman–Crippen MR) is 286 cm³/mol. The van der Waals surface area contributed by atoms with Crippen molar-refractivity contribution in [1.29, 1.82) is 0 Å². The SMILES string of the molecule is C1=CCCC(C2N=C(C3=C(C4=c5sc6cc7c(cc6c5=CCC4)c4ccccc4n7C4=CCCCC4)[NH2+]CC(C4C=CC(C5CC=CCC5)=C(c5ccccc5)C4)C3)NC(c3ccccc3)N2)=C1. The molecule has 0 amide bonds. The van der Waals surface area contributed by atoms with Crippen LogP contribution >= 0.6 is 11.3 Å². The number of nitrogens with two attached hydrogens (primary N) is 1. The third kappa shape index (κ3) is 7.66. The molecule has 4 N–H and O–H groups in total. The number of fused-ring (bicyclic) bond motifs is 6. The summed E-state index contributed by atoms with van der Waals surface area (Å²) in [5.74, 6) is 2.56. The molecule has 0 saturated carbocycles. The van der Waals surface area contributed by atoms with Gasteiger partial charge in [0.25, 0.3) is 0 Å². The van der Waals surface area contributed by atoms with Crippen molar-refractivity contribution in [2.24, 2.45) is 22.7 Å². The highest BCUT2D eigenvalue weighted by Crippen LogP contribution is 2.44. The van der Waals surface area contributed by atoms with Crippen LogP contribution < -0.4 is 25.7 Å². The number of hydrogen-bond acceptors (Lipinski definition) is 4. The van der Waals surface area contributed by atoms with Gasteiger partial charge >= 0.3 is 0 Å². The van der Waals surface area contributed by atoms with Crippen molar-refractivity contribution in [3.63, 3.8) is 0 Å². The maximum Gasteiger partial charge on any atom is 0.141 e. The number of benzene rings is 4. The van der Waals surface area contributed by atoms with E-state index in [2.05, 4.69) is 172 Å². The molecule has 4 aromatic carbocycles. The van der Waals surface area contributed by atoms with Crippen molar-refractivity contribution in [2.75, 3.05) is 6.54 Å². The van der Waals surface area contributed by atoms with Crippen LogP contribution in [0.15, 0.2) is 173 Å². The molecule has 0 bridgehead atoms. The molecule has 2 aromatic heterocycles. The molecule has 0 saturated heterocycles. The lowest BCUT2D eigenvalue weighted by molar-refractivity contribution is -0.612. The second-order valence-corrected chi connectivity index (χ2v) is 21.3. The molecule has 0 radical (unpaired) electrons. The summed E-state index contributed by atoms with van der Waals surface area (Å²) >= 11 is 2.02. The lowest BCUT2D eigenvalue weighted by Gasteiger charge is -2.38. The Morgan fingerprint density at radius 3 is 2.44 bits per heavy atom. The number of thiophene rings is 1. The van der Waals surface area contributed by atoms with Crippen LogP contribution in [0.2, 0.25) is 0 Å². The van der Waals surface area contributed by atoms with E-state index in [1.807, 2.05) is 11.3 Å². The van der Waals surface area contributed by atoms with Crippen LogP contribution in [-0.2, 0) is 0 Å². The van der Waals surface area contributed by atoms with E-state index in [9.17, 15) is 0 Å². The maximum atomic E-state index is 5.73. The molecule has 6 aromatic rings. The smallest absolute Gasteiger partial charge is 0.141 e. The van der Waals surface area contributed by atoms with Crippen LogP contribution in [0.1, 0.15) is 101 Å². The van der Waals surface area contributed by atoms with E-state index in [1.165, 1.54) is 113 Å². The summed E-state index contributed by atoms with van der Waals surface area (Å²) < 4.78 is 5.44. The van der Waals surface area contributed by atoms with E-state index in [-0.39, 0.29) is 12.3 Å². The highest BCUT2D eigenvalue weighted by molar-refractivity contribution is 7.17. The number of para-hydroxylation sites is 1. The Morgan fingerprint density at radius 2 is 1.60 bits per heavy atom. The summed E-state index contributed by atoms with van der Waals surface area (Å²) in [5, 5.41) is 16.2. The number of nitrogens with one attached hydrogen (secondary N) is 2. The molecule has 2 aliphatic heterocycles. The average molecular weight is 909 g/mol. The molecule has 0 spiro atoms. The normalized spacial score (nSPS) is 25.3. The number of hydrogen-bond donors (Lipinski definition) is 3. The fourth-order valence-corrected chi connectivity index (χ4v) is 14.1. The fourth-order valence-electron chi connectivity index (χ4n) is 12.8. The number of allylic oxidation sites excluding steroid dienone is 12. The van der Waals surface area contributed by atoms with Crippen LogP contribution in [0, 0.1) is 17.8 Å². The van der Waals surface area contributed by atoms with Gasteiger partial charge in [0.2, 0.25) is 0 Å². The van der Waals surface area contributed by atoms with E-state index in [4.69, 9.17) is 4.99 Å². The molecular formula is C62H62N5S+. The largest absolute Gasteiger partial charge is 0.351 e. The van der Waals surface area contributed by atoms with Crippen LogP contribution in [0.5, 0.6) is 0 Å². The number of nitrogens with zero attached hydrogens (tertiary/aromatic N) is 2. The zero-order valence-corrected chi connectivity index (χ0v) is 39.9. The Bertz CT molecular complexity index is 3350. The summed E-state index contributed by atoms with van der Waals surface area (Å²) in [6.07, 6.45) is 36.3. The Labute approximate surface area is 404 Å². The molecule has 68 heavy (non-hydrogen) atoms. The van der Waals surface area contributed by atoms with Gasteiger partial charge in [0.1, 0.15) is 23.9 Å². The van der Waals surface area contributed by atoms with Crippen molar-refractivity contribution < 1.29 is 5.32 Å². The summed E-state index contributed by atoms with van der Waals surface area (Å²) in [5.41, 5.74) is 15.6. The predicted octanol–water partition coefficient (Wildman–Crippen LogP) is 12.3. The van der Waals surface area contributed by atoms with Gasteiger partial charge in [-0.25, -0.2) is 4.99 Å². The van der Waals surface area contributed by atoms with Crippen LogP contribution in [-0.4, -0.2) is 23.1 Å². The minimum absolute atomic E-state index is 0.0546. The van der Waals surface area contributed by atoms with E-state index >= 15 is 0 Å². The van der Waals surface area contributed by atoms with Crippen molar-refractivity contribution in [3.8, 4) is 0 Å². The zero-order chi connectivity index (χ0) is 45.0. The summed E-state index contributed by atoms with van der Waals surface area (Å²) in [7, 11) is 0. The second kappa shape index (κ2) is 18.1. The lowest BCUT2D eigenvalue weighted by Crippen LogP contribution is -2.86. The van der Waals surface area contributed by atoms with E-state index in [0.29, 0.717) is 17.8 Å². The van der Waals surface area contributed by atoms with Gasteiger partial charge in [-0.3, -0.25) is 5.32 Å². The summed E-state index contributed by atoms with van der Waals surface area (Å²) in [6, 6.07) is 36.5. The van der Waals surface area contributed by atoms with Gasteiger partial charge < -0.3 is 15.2 Å². The van der Waals surface area contributed by atoms with Crippen molar-refractivity contribution in [1.82, 2.24) is 15.2 Å². The van der Waals surface area contributed by atoms with E-state index in [0.717, 1.165) is 63.7 Å². The second-order valence-electron chi connectivity index (χ2n) is 20.3. The van der Waals surface area contributed by atoms with Crippen molar-refractivity contribution >= 4 is 72.0 Å². The van der Waals surface area contributed by atoms with E-state index in [1.54, 1.807) is 11.1 Å². The first-order valence-electron chi connectivity index (χ1n) is 25.8. The zero-order valence-electron chi connectivity index (χ0n) is 39.1. The molecule has 7 aliphatic rings. The fraction of sp³-hybridized carbons (Fsp3) is 0.306. The minimum Gasteiger partial charge on any atom is -0.351 e. The first-order valence-corrected chi connectivity index (χ1v) is 26.6. The number of amidine groups is 1. The van der Waals surface area contributed by atoms with Crippen LogP contribution in [0.25, 0.3) is 54.8 Å². The van der Waals surface area contributed by atoms with Gasteiger partial charge in [-0.05, 0) is 147 Å². The van der Waals surface area contributed by atoms with E-state index < -0.39 is 0 Å². The van der Waals surface area contributed by atoms with Gasteiger partial charge in [-0.15, -0.1) is 11.3 Å². The molecule has 6 heteroatoms. The van der Waals surface area contributed by atoms with Gasteiger partial charge in [0, 0.05) is 42.6 Å². The standard InChI is InChI=1S/C62H61N5S/c1-6-19-40(20-7-1)47-34-33-44(35-51(47)41-21-8-2-9-22-41)45-36-54(62-65-60(42-23-10-3-11-24-42)64-61(66-62)43-25-12-4-13-26-43)58(63-39-45)50-31-18-30-49-53-37-52-48-29-16-17-32-55(48)67(46-27-14-5-15-28-46)56(52)38-57(53)68-59(49)50/h1-4,6,8-12,16-17,21-25,27,29-30,32-34,37-38,40,44-45,60-61,63-64H,5,7,13-15,18-20,26,28,31,35-36,39H2,(H,65,66)/p+1. The Hall–Kier alpha value is -6.05. The molecule has 5 nitrogen and oxygen atoms in total. The Morgan fingerprint density at radius 1 is 0.721 bits per heavy atom. The monoisotopic (exact) mass is 908 g/mol. The highest BCUT2D eigenvalue weighted by Gasteiger charge is 2.38. The first kappa shape index (κ1) is 42.1. The Kier molecular flexibility index (Phi) is 11.2. The lowest BCUT2D eigenvalue weighted by atomic mass is 9.72. The topological polar surface area (TPSA) is 58.0 Å². The third-order valence-corrected chi connectivity index (χ3v) is 17.5. The molecule has 5 unspecified atom stereocenters. The minimum atomic E-state index is -0.0955. The summed E-state index contributed by atoms with van der Waals surface area (Å²) in [4.78, 5) is 5.73. The van der Waals surface area contributed by atoms with Gasteiger partial charge in [0.15, 0.2) is 0 Å². The quantitative estimate of drug-likeness (QED) is 0.133. The van der Waals surface area contributed by atoms with Crippen molar-refractivity contribution in [2.45, 2.75) is 95.8 Å². The van der Waals surface area contributed by atoms with Gasteiger partial charge in [-0.2, -0.15) is 0 Å². The van der Waals surface area contributed by atoms with Crippen LogP contribution in [0.4, 0.5) is 0 Å². The average Bonchev–Trinajstić information content (AvgIpc) is 3.96. The number of rotatable bonds is 8. The number of aromatic nitrogens is 1. The summed E-state index contributed by atoms with van der Waals surface area (Å²) in [6.45, 7) is 1.06. The molecule has 5 atom stereocenters. The number of quaternary nitrogens is 1. The third-order valence-electron chi connectivity index (χ3n) is 16.3. The first-order chi connectivity index (χ1) is 33.7. The highest BCUT2D eigenvalue weighted by atomic mass is 32.1.